The number of hydrogen-bond donors (Lipinski definition) is 1. The molecule has 0 amide bonds. The summed E-state index contributed by atoms with van der Waals surface area (Å²) in [7, 11) is 0. The summed E-state index contributed by atoms with van der Waals surface area (Å²) in [5.74, 6) is 1.66. The van der Waals surface area contributed by atoms with Crippen molar-refractivity contribution in [3.05, 3.63) is 35.7 Å². The van der Waals surface area contributed by atoms with Crippen molar-refractivity contribution in [2.24, 2.45) is 0 Å². The molecule has 1 unspecified atom stereocenters. The highest BCUT2D eigenvalue weighted by Crippen LogP contribution is 2.11. The van der Waals surface area contributed by atoms with Gasteiger partial charge in [0.15, 0.2) is 0 Å². The lowest BCUT2D eigenvalue weighted by molar-refractivity contribution is 0.432. The van der Waals surface area contributed by atoms with Crippen LogP contribution < -0.4 is 5.32 Å². The van der Waals surface area contributed by atoms with Crippen molar-refractivity contribution in [2.45, 2.75) is 66.1 Å². The average Bonchev–Trinajstić information content (AvgIpc) is 3.02. The van der Waals surface area contributed by atoms with Crippen molar-refractivity contribution in [2.75, 3.05) is 6.54 Å². The van der Waals surface area contributed by atoms with Gasteiger partial charge < -0.3 is 9.88 Å². The summed E-state index contributed by atoms with van der Waals surface area (Å²) in [5.41, 5.74) is 2.32. The van der Waals surface area contributed by atoms with Crippen LogP contribution in [-0.4, -0.2) is 31.9 Å². The first-order valence-electron chi connectivity index (χ1n) is 8.23. The first-order valence-corrected chi connectivity index (χ1v) is 8.23. The Morgan fingerprint density at radius 2 is 2.00 bits per heavy atom. The van der Waals surface area contributed by atoms with Gasteiger partial charge in [-0.05, 0) is 39.8 Å². The number of imidazole rings is 1. The lowest BCUT2D eigenvalue weighted by atomic mass is 10.2. The van der Waals surface area contributed by atoms with E-state index in [0.717, 1.165) is 31.7 Å². The van der Waals surface area contributed by atoms with Crippen molar-refractivity contribution in [1.29, 1.82) is 0 Å². The van der Waals surface area contributed by atoms with Crippen LogP contribution in [0.2, 0.25) is 0 Å². The number of hydrogen-bond acceptors (Lipinski definition) is 3. The molecule has 1 atom stereocenters. The predicted molar refractivity (Wildman–Crippen MR) is 90.1 cm³/mol. The van der Waals surface area contributed by atoms with Crippen molar-refractivity contribution in [1.82, 2.24) is 24.6 Å². The summed E-state index contributed by atoms with van der Waals surface area (Å²) < 4.78 is 4.34. The van der Waals surface area contributed by atoms with Crippen LogP contribution in [0.1, 0.15) is 50.3 Å². The van der Waals surface area contributed by atoms with E-state index in [4.69, 9.17) is 0 Å². The van der Waals surface area contributed by atoms with Crippen LogP contribution >= 0.6 is 0 Å². The molecule has 0 aliphatic carbocycles. The fourth-order valence-corrected chi connectivity index (χ4v) is 2.79. The van der Waals surface area contributed by atoms with Gasteiger partial charge in [-0.25, -0.2) is 4.98 Å². The van der Waals surface area contributed by atoms with Crippen LogP contribution in [0.3, 0.4) is 0 Å². The van der Waals surface area contributed by atoms with E-state index in [2.05, 4.69) is 64.6 Å². The highest BCUT2D eigenvalue weighted by atomic mass is 15.3. The number of nitrogens with one attached hydrogen (secondary N) is 1. The molecule has 2 rings (SSSR count). The normalized spacial score (nSPS) is 13.0. The van der Waals surface area contributed by atoms with Crippen LogP contribution in [0, 0.1) is 13.8 Å². The van der Waals surface area contributed by atoms with E-state index >= 15 is 0 Å². The van der Waals surface area contributed by atoms with E-state index in [1.807, 2.05) is 13.1 Å². The van der Waals surface area contributed by atoms with Gasteiger partial charge in [0, 0.05) is 36.6 Å². The minimum absolute atomic E-state index is 0.422. The monoisotopic (exact) mass is 303 g/mol. The first-order chi connectivity index (χ1) is 10.5. The summed E-state index contributed by atoms with van der Waals surface area (Å²) in [5, 5.41) is 8.10. The Balaban J connectivity index is 1.72. The van der Waals surface area contributed by atoms with E-state index < -0.39 is 0 Å². The third-order valence-corrected chi connectivity index (χ3v) is 3.88. The Hall–Kier alpha value is -1.62. The van der Waals surface area contributed by atoms with E-state index in [-0.39, 0.29) is 0 Å². The van der Waals surface area contributed by atoms with Gasteiger partial charge in [-0.15, -0.1) is 0 Å². The van der Waals surface area contributed by atoms with Crippen molar-refractivity contribution in [3.8, 4) is 0 Å². The highest BCUT2D eigenvalue weighted by Gasteiger charge is 2.08. The molecule has 1 N–H and O–H groups in total. The van der Waals surface area contributed by atoms with Crippen LogP contribution in [0.15, 0.2) is 18.5 Å². The minimum Gasteiger partial charge on any atom is -0.335 e. The number of aryl methyl sites for hydroxylation is 3. The average molecular weight is 303 g/mol. The molecule has 2 heterocycles. The molecule has 0 spiro atoms. The van der Waals surface area contributed by atoms with Gasteiger partial charge in [0.2, 0.25) is 0 Å². The molecule has 0 fully saturated rings. The molecular weight excluding hydrogens is 274 g/mol. The molecule has 0 aliphatic rings. The third-order valence-electron chi connectivity index (χ3n) is 3.88. The van der Waals surface area contributed by atoms with Crippen LogP contribution in [-0.2, 0) is 13.1 Å². The lowest BCUT2D eigenvalue weighted by Gasteiger charge is -2.16. The number of nitrogens with zero attached hydrogens (tertiary/aromatic N) is 4. The van der Waals surface area contributed by atoms with Crippen LogP contribution in [0.25, 0.3) is 0 Å². The smallest absolute Gasteiger partial charge is 0.111 e. The molecule has 122 valence electrons. The van der Waals surface area contributed by atoms with Gasteiger partial charge in [-0.3, -0.25) is 4.68 Å². The van der Waals surface area contributed by atoms with Crippen LogP contribution in [0.4, 0.5) is 0 Å². The highest BCUT2D eigenvalue weighted by molar-refractivity contribution is 5.06. The van der Waals surface area contributed by atoms with Gasteiger partial charge in [-0.1, -0.05) is 13.8 Å². The number of aromatic nitrogens is 4. The van der Waals surface area contributed by atoms with Crippen molar-refractivity contribution < 1.29 is 0 Å². The van der Waals surface area contributed by atoms with Crippen molar-refractivity contribution >= 4 is 0 Å². The Kier molecular flexibility index (Phi) is 5.77. The standard InChI is InChI=1S/C17H29N5/c1-13(2)17-19-8-10-21(17)9-6-7-18-15(4)12-22-16(5)11-14(3)20-22/h8,10-11,13,15,18H,6-7,9,12H2,1-5H3. The van der Waals surface area contributed by atoms with E-state index in [1.54, 1.807) is 0 Å². The minimum atomic E-state index is 0.422. The Bertz CT molecular complexity index is 582. The Morgan fingerprint density at radius 3 is 2.64 bits per heavy atom. The summed E-state index contributed by atoms with van der Waals surface area (Å²) in [6, 6.07) is 2.55. The quantitative estimate of drug-likeness (QED) is 0.763. The Labute approximate surface area is 133 Å². The largest absolute Gasteiger partial charge is 0.335 e. The van der Waals surface area contributed by atoms with E-state index in [9.17, 15) is 0 Å². The molecule has 2 aromatic heterocycles. The zero-order valence-corrected chi connectivity index (χ0v) is 14.5. The fourth-order valence-electron chi connectivity index (χ4n) is 2.79. The van der Waals surface area contributed by atoms with Gasteiger partial charge in [0.1, 0.15) is 5.82 Å². The zero-order valence-electron chi connectivity index (χ0n) is 14.5. The maximum Gasteiger partial charge on any atom is 0.111 e. The molecular formula is C17H29N5. The summed E-state index contributed by atoms with van der Waals surface area (Å²) >= 11 is 0. The molecule has 0 saturated carbocycles. The second-order valence-electron chi connectivity index (χ2n) is 6.45. The van der Waals surface area contributed by atoms with E-state index in [1.165, 1.54) is 11.5 Å². The first kappa shape index (κ1) is 16.7. The summed E-state index contributed by atoms with van der Waals surface area (Å²) in [6.45, 7) is 13.7. The SMILES string of the molecule is Cc1cc(C)n(CC(C)NCCCn2ccnc2C(C)C)n1. The molecule has 5 heteroatoms. The predicted octanol–water partition coefficient (Wildman–Crippen LogP) is 2.89. The maximum atomic E-state index is 4.51. The molecule has 5 nitrogen and oxygen atoms in total. The number of rotatable bonds is 8. The topological polar surface area (TPSA) is 47.7 Å². The lowest BCUT2D eigenvalue weighted by Crippen LogP contribution is -2.32. The summed E-state index contributed by atoms with van der Waals surface area (Å²) in [4.78, 5) is 4.43. The molecule has 0 aliphatic heterocycles. The Morgan fingerprint density at radius 1 is 1.23 bits per heavy atom. The summed E-state index contributed by atoms with van der Waals surface area (Å²) in [6.07, 6.45) is 5.08. The molecule has 22 heavy (non-hydrogen) atoms. The van der Waals surface area contributed by atoms with Gasteiger partial charge in [-0.2, -0.15) is 5.10 Å². The van der Waals surface area contributed by atoms with Gasteiger partial charge in [0.05, 0.1) is 12.2 Å². The maximum absolute atomic E-state index is 4.51. The van der Waals surface area contributed by atoms with E-state index in [0.29, 0.717) is 12.0 Å². The van der Waals surface area contributed by atoms with Gasteiger partial charge >= 0.3 is 0 Å². The molecule has 0 aromatic carbocycles. The zero-order chi connectivity index (χ0) is 16.1. The third kappa shape index (κ3) is 4.44. The molecule has 0 radical (unpaired) electrons. The fraction of sp³-hybridized carbons (Fsp3) is 0.647. The van der Waals surface area contributed by atoms with Crippen molar-refractivity contribution in [3.63, 3.8) is 0 Å². The second-order valence-corrected chi connectivity index (χ2v) is 6.45. The molecule has 0 bridgehead atoms. The molecule has 2 aromatic rings. The second kappa shape index (κ2) is 7.58. The molecule has 0 saturated heterocycles. The van der Waals surface area contributed by atoms with Crippen LogP contribution in [0.5, 0.6) is 0 Å². The van der Waals surface area contributed by atoms with Gasteiger partial charge in [0.25, 0.3) is 0 Å².